The van der Waals surface area contributed by atoms with E-state index in [0.29, 0.717) is 23.7 Å². The van der Waals surface area contributed by atoms with Crippen molar-refractivity contribution in [1.29, 1.82) is 0 Å². The lowest BCUT2D eigenvalue weighted by Gasteiger charge is -2.21. The summed E-state index contributed by atoms with van der Waals surface area (Å²) in [6.07, 6.45) is 3.03. The summed E-state index contributed by atoms with van der Waals surface area (Å²) in [4.78, 5) is 29.4. The maximum Gasteiger partial charge on any atom is 0.407 e. The van der Waals surface area contributed by atoms with Crippen LogP contribution in [0, 0.1) is 0 Å². The quantitative estimate of drug-likeness (QED) is 0.568. The highest BCUT2D eigenvalue weighted by Gasteiger charge is 2.24. The molecule has 1 heterocycles. The van der Waals surface area contributed by atoms with Crippen LogP contribution < -0.4 is 15.4 Å². The molecule has 3 aromatic rings. The fourth-order valence-corrected chi connectivity index (χ4v) is 3.32. The molecular formula is C25H30N4O4. The van der Waals surface area contributed by atoms with Crippen LogP contribution in [-0.2, 0) is 18.3 Å². The first-order chi connectivity index (χ1) is 15.7. The number of nitrogens with zero attached hydrogens (tertiary/aromatic N) is 2. The van der Waals surface area contributed by atoms with Gasteiger partial charge in [-0.15, -0.1) is 0 Å². The average molecular weight is 451 g/mol. The van der Waals surface area contributed by atoms with Crippen molar-refractivity contribution in [3.8, 4) is 5.75 Å². The van der Waals surface area contributed by atoms with Crippen molar-refractivity contribution in [2.75, 3.05) is 7.11 Å². The Morgan fingerprint density at radius 1 is 1.09 bits per heavy atom. The van der Waals surface area contributed by atoms with Crippen molar-refractivity contribution in [1.82, 2.24) is 20.2 Å². The smallest absolute Gasteiger partial charge is 0.407 e. The van der Waals surface area contributed by atoms with E-state index in [1.54, 1.807) is 37.6 Å². The van der Waals surface area contributed by atoms with Crippen LogP contribution in [0.3, 0.4) is 0 Å². The maximum atomic E-state index is 13.1. The molecule has 8 nitrogen and oxygen atoms in total. The minimum Gasteiger partial charge on any atom is -0.496 e. The Bertz CT molecular complexity index is 1100. The molecule has 2 amide bonds. The van der Waals surface area contributed by atoms with Gasteiger partial charge in [-0.25, -0.2) is 9.78 Å². The summed E-state index contributed by atoms with van der Waals surface area (Å²) in [6, 6.07) is 14.1. The van der Waals surface area contributed by atoms with Gasteiger partial charge >= 0.3 is 6.09 Å². The number of aromatic nitrogens is 2. The zero-order valence-electron chi connectivity index (χ0n) is 19.6. The third-order valence-electron chi connectivity index (χ3n) is 4.89. The number of aryl methyl sites for hydroxylation is 1. The Morgan fingerprint density at radius 2 is 1.79 bits per heavy atom. The molecule has 0 radical (unpaired) electrons. The normalized spacial score (nSPS) is 12.0. The monoisotopic (exact) mass is 450 g/mol. The van der Waals surface area contributed by atoms with E-state index >= 15 is 0 Å². The highest BCUT2D eigenvalue weighted by Crippen LogP contribution is 2.29. The molecule has 1 atom stereocenters. The second-order valence-electron chi connectivity index (χ2n) is 8.60. The van der Waals surface area contributed by atoms with Crippen LogP contribution in [0.4, 0.5) is 4.79 Å². The van der Waals surface area contributed by atoms with Crippen molar-refractivity contribution in [3.05, 3.63) is 83.4 Å². The number of ether oxygens (including phenoxy) is 2. The Kier molecular flexibility index (Phi) is 7.37. The molecule has 1 unspecified atom stereocenters. The number of imidazole rings is 1. The molecule has 1 aromatic heterocycles. The molecule has 0 aliphatic heterocycles. The first kappa shape index (κ1) is 23.8. The van der Waals surface area contributed by atoms with E-state index in [1.165, 1.54) is 0 Å². The van der Waals surface area contributed by atoms with E-state index in [0.717, 1.165) is 11.1 Å². The number of alkyl carbamates (subject to hydrolysis) is 1. The summed E-state index contributed by atoms with van der Waals surface area (Å²) in [5.41, 5.74) is 1.59. The molecule has 3 rings (SSSR count). The number of para-hydroxylation sites is 1. The predicted molar refractivity (Wildman–Crippen MR) is 125 cm³/mol. The molecule has 2 aromatic carbocycles. The molecule has 0 aliphatic carbocycles. The number of nitrogens with one attached hydrogen (secondary N) is 2. The second-order valence-corrected chi connectivity index (χ2v) is 8.60. The zero-order valence-corrected chi connectivity index (χ0v) is 19.6. The maximum absolute atomic E-state index is 13.1. The van der Waals surface area contributed by atoms with Gasteiger partial charge in [-0.2, -0.15) is 0 Å². The summed E-state index contributed by atoms with van der Waals surface area (Å²) in [5, 5.41) is 5.78. The fourth-order valence-electron chi connectivity index (χ4n) is 3.32. The van der Waals surface area contributed by atoms with Gasteiger partial charge in [0.2, 0.25) is 0 Å². The van der Waals surface area contributed by atoms with Crippen LogP contribution in [0.5, 0.6) is 5.75 Å². The molecule has 0 bridgehead atoms. The molecule has 0 spiro atoms. The minimum atomic E-state index is -0.558. The van der Waals surface area contributed by atoms with E-state index in [1.807, 2.05) is 62.8 Å². The van der Waals surface area contributed by atoms with Crippen LogP contribution >= 0.6 is 0 Å². The average Bonchev–Trinajstić information content (AvgIpc) is 3.20. The number of rotatable bonds is 7. The van der Waals surface area contributed by atoms with Gasteiger partial charge in [0.25, 0.3) is 5.91 Å². The van der Waals surface area contributed by atoms with Gasteiger partial charge in [0.05, 0.1) is 7.11 Å². The van der Waals surface area contributed by atoms with Crippen LogP contribution in [-0.4, -0.2) is 34.3 Å². The van der Waals surface area contributed by atoms with Crippen LogP contribution in [0.1, 0.15) is 54.1 Å². The molecule has 0 saturated carbocycles. The van der Waals surface area contributed by atoms with Crippen molar-refractivity contribution in [3.63, 3.8) is 0 Å². The summed E-state index contributed by atoms with van der Waals surface area (Å²) in [5.74, 6) is 1.10. The lowest BCUT2D eigenvalue weighted by Crippen LogP contribution is -2.32. The van der Waals surface area contributed by atoms with Gasteiger partial charge in [0.15, 0.2) is 0 Å². The molecule has 0 aliphatic rings. The third kappa shape index (κ3) is 6.35. The number of carbonyl (C=O) groups excluding carboxylic acids is 2. The molecule has 33 heavy (non-hydrogen) atoms. The first-order valence-electron chi connectivity index (χ1n) is 10.6. The summed E-state index contributed by atoms with van der Waals surface area (Å²) >= 11 is 0. The predicted octanol–water partition coefficient (Wildman–Crippen LogP) is 3.97. The lowest BCUT2D eigenvalue weighted by atomic mass is 10.0. The van der Waals surface area contributed by atoms with Gasteiger partial charge in [-0.1, -0.05) is 30.3 Å². The third-order valence-corrected chi connectivity index (χ3v) is 4.89. The Morgan fingerprint density at radius 3 is 2.39 bits per heavy atom. The Balaban J connectivity index is 1.74. The van der Waals surface area contributed by atoms with Gasteiger partial charge in [-0.3, -0.25) is 4.79 Å². The number of benzene rings is 2. The van der Waals surface area contributed by atoms with Crippen LogP contribution in [0.25, 0.3) is 0 Å². The number of methoxy groups -OCH3 is 1. The molecular weight excluding hydrogens is 420 g/mol. The fraction of sp³-hybridized carbons (Fsp3) is 0.320. The van der Waals surface area contributed by atoms with E-state index in [9.17, 15) is 9.59 Å². The van der Waals surface area contributed by atoms with Crippen LogP contribution in [0.2, 0.25) is 0 Å². The van der Waals surface area contributed by atoms with Crippen molar-refractivity contribution >= 4 is 12.0 Å². The summed E-state index contributed by atoms with van der Waals surface area (Å²) in [7, 11) is 3.48. The van der Waals surface area contributed by atoms with Crippen molar-refractivity contribution in [2.24, 2.45) is 7.05 Å². The topological polar surface area (TPSA) is 94.5 Å². The van der Waals surface area contributed by atoms with Gasteiger partial charge in [0.1, 0.15) is 23.2 Å². The Hall–Kier alpha value is -3.81. The van der Waals surface area contributed by atoms with E-state index in [4.69, 9.17) is 9.47 Å². The minimum absolute atomic E-state index is 0.249. The van der Waals surface area contributed by atoms with Gasteiger partial charge in [-0.05, 0) is 44.5 Å². The van der Waals surface area contributed by atoms with Gasteiger partial charge in [0, 0.05) is 37.1 Å². The number of amides is 2. The van der Waals surface area contributed by atoms with E-state index in [2.05, 4.69) is 15.6 Å². The lowest BCUT2D eigenvalue weighted by molar-refractivity contribution is 0.0523. The number of hydrogen-bond donors (Lipinski definition) is 2. The highest BCUT2D eigenvalue weighted by atomic mass is 16.6. The number of carbonyl (C=O) groups is 2. The molecule has 0 fully saturated rings. The molecule has 174 valence electrons. The first-order valence-corrected chi connectivity index (χ1v) is 10.6. The zero-order chi connectivity index (χ0) is 24.0. The summed E-state index contributed by atoms with van der Waals surface area (Å²) < 4.78 is 12.6. The van der Waals surface area contributed by atoms with E-state index < -0.39 is 17.7 Å². The standard InChI is InChI=1S/C25H30N4O4/c1-25(2,3)33-24(31)27-16-17-10-12-18(13-11-17)23(30)28-21(22-26-14-15-29(22)4)19-8-6-7-9-20(19)32-5/h6-15,21H,16H2,1-5H3,(H,27,31)(H,28,30). The molecule has 8 heteroatoms. The number of hydrogen-bond acceptors (Lipinski definition) is 5. The van der Waals surface area contributed by atoms with Gasteiger partial charge < -0.3 is 24.7 Å². The molecule has 0 saturated heterocycles. The van der Waals surface area contributed by atoms with Crippen molar-refractivity contribution in [2.45, 2.75) is 39.0 Å². The van der Waals surface area contributed by atoms with Crippen molar-refractivity contribution < 1.29 is 19.1 Å². The second kappa shape index (κ2) is 10.2. The molecule has 2 N–H and O–H groups in total. The Labute approximate surface area is 193 Å². The SMILES string of the molecule is COc1ccccc1C(NC(=O)c1ccc(CNC(=O)OC(C)(C)C)cc1)c1nccn1C. The van der Waals surface area contributed by atoms with Crippen LogP contribution in [0.15, 0.2) is 60.9 Å². The van der Waals surface area contributed by atoms with E-state index in [-0.39, 0.29) is 5.91 Å². The largest absolute Gasteiger partial charge is 0.496 e. The summed E-state index contributed by atoms with van der Waals surface area (Å²) in [6.45, 7) is 5.73. The highest BCUT2D eigenvalue weighted by molar-refractivity contribution is 5.94.